The zero-order valence-corrected chi connectivity index (χ0v) is 15.4. The fourth-order valence-corrected chi connectivity index (χ4v) is 3.71. The van der Waals surface area contributed by atoms with Crippen LogP contribution in [0.1, 0.15) is 11.5 Å². The van der Waals surface area contributed by atoms with E-state index >= 15 is 0 Å². The molecule has 0 unspecified atom stereocenters. The second-order valence-corrected chi connectivity index (χ2v) is 7.81. The highest BCUT2D eigenvalue weighted by molar-refractivity contribution is 7.89. The van der Waals surface area contributed by atoms with Crippen molar-refractivity contribution in [2.75, 3.05) is 18.6 Å². The average molecular weight is 386 g/mol. The lowest BCUT2D eigenvalue weighted by Gasteiger charge is -2.16. The van der Waals surface area contributed by atoms with Crippen LogP contribution in [0.5, 0.6) is 5.75 Å². The van der Waals surface area contributed by atoms with E-state index in [9.17, 15) is 8.42 Å². The minimum absolute atomic E-state index is 0.126. The molecule has 0 atom stereocenters. The van der Waals surface area contributed by atoms with Crippen LogP contribution in [0, 0.1) is 0 Å². The molecule has 27 heavy (non-hydrogen) atoms. The molecule has 1 aliphatic heterocycles. The maximum atomic E-state index is 11.5. The molecule has 2 heterocycles. The number of fused-ring (bicyclic) bond motifs is 1. The van der Waals surface area contributed by atoms with Crippen molar-refractivity contribution in [3.63, 3.8) is 0 Å². The molecular formula is C18H18N4O4S. The Hall–Kier alpha value is -2.91. The van der Waals surface area contributed by atoms with Crippen LogP contribution in [0.4, 0.5) is 5.69 Å². The van der Waals surface area contributed by atoms with E-state index in [1.165, 1.54) is 6.07 Å². The van der Waals surface area contributed by atoms with E-state index < -0.39 is 10.0 Å². The van der Waals surface area contributed by atoms with E-state index in [1.54, 1.807) is 19.2 Å². The molecule has 0 saturated heterocycles. The first-order valence-electron chi connectivity index (χ1n) is 8.32. The molecule has 2 N–H and O–H groups in total. The van der Waals surface area contributed by atoms with Crippen LogP contribution in [-0.4, -0.2) is 32.2 Å². The molecule has 1 aromatic heterocycles. The zero-order valence-electron chi connectivity index (χ0n) is 14.6. The van der Waals surface area contributed by atoms with Gasteiger partial charge >= 0.3 is 0 Å². The summed E-state index contributed by atoms with van der Waals surface area (Å²) in [6.07, 6.45) is 0.732. The number of benzene rings is 2. The number of nitrogens with two attached hydrogens (primary N) is 1. The zero-order chi connectivity index (χ0) is 19.0. The number of anilines is 1. The number of rotatable bonds is 5. The largest absolute Gasteiger partial charge is 0.497 e. The van der Waals surface area contributed by atoms with Gasteiger partial charge in [-0.3, -0.25) is 0 Å². The monoisotopic (exact) mass is 386 g/mol. The Morgan fingerprint density at radius 1 is 1.26 bits per heavy atom. The lowest BCUT2D eigenvalue weighted by Crippen LogP contribution is -2.20. The van der Waals surface area contributed by atoms with Crippen LogP contribution in [0.3, 0.4) is 0 Å². The second kappa shape index (κ2) is 6.67. The van der Waals surface area contributed by atoms with Crippen LogP contribution in [0.2, 0.25) is 0 Å². The molecule has 0 bridgehead atoms. The highest BCUT2D eigenvalue weighted by Crippen LogP contribution is 2.31. The molecule has 4 rings (SSSR count). The molecule has 9 heteroatoms. The van der Waals surface area contributed by atoms with Crippen LogP contribution >= 0.6 is 0 Å². The van der Waals surface area contributed by atoms with Gasteiger partial charge < -0.3 is 14.2 Å². The van der Waals surface area contributed by atoms with E-state index in [-0.39, 0.29) is 4.90 Å². The number of primary sulfonamides is 1. The maximum Gasteiger partial charge on any atom is 0.246 e. The molecule has 140 valence electrons. The third-order valence-electron chi connectivity index (χ3n) is 4.49. The number of methoxy groups -OCH3 is 1. The van der Waals surface area contributed by atoms with Crippen LogP contribution in [0.15, 0.2) is 51.9 Å². The number of nitrogens with zero attached hydrogens (tertiary/aromatic N) is 3. The van der Waals surface area contributed by atoms with Gasteiger partial charge in [0, 0.05) is 17.8 Å². The second-order valence-electron chi connectivity index (χ2n) is 6.25. The molecule has 0 amide bonds. The predicted octanol–water partition coefficient (Wildman–Crippen LogP) is 1.96. The van der Waals surface area contributed by atoms with Crippen LogP contribution in [0.25, 0.3) is 11.4 Å². The normalized spacial score (nSPS) is 13.6. The van der Waals surface area contributed by atoms with Crippen molar-refractivity contribution in [1.29, 1.82) is 0 Å². The predicted molar refractivity (Wildman–Crippen MR) is 98.9 cm³/mol. The summed E-state index contributed by atoms with van der Waals surface area (Å²) in [7, 11) is -2.10. The van der Waals surface area contributed by atoms with Crippen LogP contribution in [-0.2, 0) is 23.0 Å². The standard InChI is InChI=1S/C18H18N4O4S/c1-25-14-4-2-3-13(9-14)18-20-17(26-21-18)11-22-8-7-12-10-15(27(19,23)24)5-6-16(12)22/h2-6,9-10H,7-8,11H2,1H3,(H2,19,23,24). The third kappa shape index (κ3) is 3.51. The molecule has 1 aliphatic rings. The van der Waals surface area contributed by atoms with E-state index in [1.807, 2.05) is 24.3 Å². The maximum absolute atomic E-state index is 11.5. The molecule has 3 aromatic rings. The smallest absolute Gasteiger partial charge is 0.246 e. The van der Waals surface area contributed by atoms with Gasteiger partial charge in [-0.15, -0.1) is 0 Å². The number of hydrogen-bond donors (Lipinski definition) is 1. The topological polar surface area (TPSA) is 112 Å². The highest BCUT2D eigenvalue weighted by atomic mass is 32.2. The van der Waals surface area contributed by atoms with Crippen molar-refractivity contribution in [2.24, 2.45) is 5.14 Å². The molecule has 0 aliphatic carbocycles. The van der Waals surface area contributed by atoms with Crippen molar-refractivity contribution in [3.8, 4) is 17.1 Å². The van der Waals surface area contributed by atoms with Gasteiger partial charge in [0.1, 0.15) is 5.75 Å². The van der Waals surface area contributed by atoms with Crippen molar-refractivity contribution >= 4 is 15.7 Å². The first-order chi connectivity index (χ1) is 12.9. The Bertz CT molecular complexity index is 1090. The summed E-state index contributed by atoms with van der Waals surface area (Å²) in [5, 5.41) is 9.25. The highest BCUT2D eigenvalue weighted by Gasteiger charge is 2.23. The summed E-state index contributed by atoms with van der Waals surface area (Å²) in [4.78, 5) is 6.66. The minimum atomic E-state index is -3.70. The van der Waals surface area contributed by atoms with Gasteiger partial charge in [-0.05, 0) is 42.3 Å². The molecule has 0 radical (unpaired) electrons. The van der Waals surface area contributed by atoms with Crippen molar-refractivity contribution < 1.29 is 17.7 Å². The van der Waals surface area contributed by atoms with Gasteiger partial charge in [0.2, 0.25) is 21.7 Å². The number of ether oxygens (including phenoxy) is 1. The van der Waals surface area contributed by atoms with Gasteiger partial charge in [0.15, 0.2) is 0 Å². The fraction of sp³-hybridized carbons (Fsp3) is 0.222. The summed E-state index contributed by atoms with van der Waals surface area (Å²) in [6, 6.07) is 12.3. The average Bonchev–Trinajstić information content (AvgIpc) is 3.28. The first-order valence-corrected chi connectivity index (χ1v) is 9.86. The number of sulfonamides is 1. The summed E-state index contributed by atoms with van der Waals surface area (Å²) in [5.74, 6) is 1.70. The molecule has 2 aromatic carbocycles. The van der Waals surface area contributed by atoms with Crippen molar-refractivity contribution in [2.45, 2.75) is 17.9 Å². The molecule has 8 nitrogen and oxygen atoms in total. The Morgan fingerprint density at radius 3 is 2.89 bits per heavy atom. The molecule has 0 fully saturated rings. The van der Waals surface area contributed by atoms with Gasteiger partial charge in [0.05, 0.1) is 18.6 Å². The summed E-state index contributed by atoms with van der Waals surface area (Å²) in [5.41, 5.74) is 2.70. The van der Waals surface area contributed by atoms with Gasteiger partial charge in [-0.1, -0.05) is 17.3 Å². The number of hydrogen-bond acceptors (Lipinski definition) is 7. The molecular weight excluding hydrogens is 368 g/mol. The lowest BCUT2D eigenvalue weighted by atomic mass is 10.2. The third-order valence-corrected chi connectivity index (χ3v) is 5.40. The lowest BCUT2D eigenvalue weighted by molar-refractivity contribution is 0.377. The number of aromatic nitrogens is 2. The Morgan fingerprint density at radius 2 is 2.11 bits per heavy atom. The van der Waals surface area contributed by atoms with Crippen LogP contribution < -0.4 is 14.8 Å². The molecule has 0 saturated carbocycles. The fourth-order valence-electron chi connectivity index (χ4n) is 3.15. The van der Waals surface area contributed by atoms with Crippen molar-refractivity contribution in [1.82, 2.24) is 10.1 Å². The summed E-state index contributed by atoms with van der Waals surface area (Å²) >= 11 is 0. The van der Waals surface area contributed by atoms with Gasteiger partial charge in [0.25, 0.3) is 0 Å². The Labute approximate surface area is 156 Å². The van der Waals surface area contributed by atoms with E-state index in [0.29, 0.717) is 18.3 Å². The molecule has 0 spiro atoms. The van der Waals surface area contributed by atoms with Gasteiger partial charge in [-0.2, -0.15) is 4.98 Å². The summed E-state index contributed by atoms with van der Waals surface area (Å²) < 4.78 is 33.6. The SMILES string of the molecule is COc1cccc(-c2noc(CN3CCc4cc(S(N)(=O)=O)ccc43)n2)c1. The van der Waals surface area contributed by atoms with E-state index in [4.69, 9.17) is 14.4 Å². The van der Waals surface area contributed by atoms with E-state index in [2.05, 4.69) is 15.0 Å². The Kier molecular flexibility index (Phi) is 4.33. The van der Waals surface area contributed by atoms with Gasteiger partial charge in [-0.25, -0.2) is 13.6 Å². The Balaban J connectivity index is 1.54. The minimum Gasteiger partial charge on any atom is -0.497 e. The van der Waals surface area contributed by atoms with E-state index in [0.717, 1.165) is 35.5 Å². The quantitative estimate of drug-likeness (QED) is 0.713. The van der Waals surface area contributed by atoms with Crippen molar-refractivity contribution in [3.05, 3.63) is 53.9 Å². The first kappa shape index (κ1) is 17.5. The summed E-state index contributed by atoms with van der Waals surface area (Å²) in [6.45, 7) is 1.18.